The summed E-state index contributed by atoms with van der Waals surface area (Å²) in [7, 11) is 10.2. The van der Waals surface area contributed by atoms with E-state index in [-0.39, 0.29) is 30.2 Å². The zero-order chi connectivity index (χ0) is 28.7. The van der Waals surface area contributed by atoms with Crippen molar-refractivity contribution in [1.82, 2.24) is 4.90 Å². The molecule has 0 aromatic heterocycles. The van der Waals surface area contributed by atoms with Gasteiger partial charge in [-0.1, -0.05) is 19.9 Å². The fourth-order valence-corrected chi connectivity index (χ4v) is 6.16. The summed E-state index contributed by atoms with van der Waals surface area (Å²) in [6.07, 6.45) is 2.95. The lowest BCUT2D eigenvalue weighted by Gasteiger charge is -2.40. The normalized spacial score (nSPS) is 17.1. The number of likely N-dealkylation sites (N-methyl/N-ethyl adjacent to an activating group) is 1. The van der Waals surface area contributed by atoms with Gasteiger partial charge in [-0.25, -0.2) is 0 Å². The van der Waals surface area contributed by atoms with Gasteiger partial charge in [-0.05, 0) is 86.4 Å². The van der Waals surface area contributed by atoms with Crippen LogP contribution < -0.4 is 23.7 Å². The first-order chi connectivity index (χ1) is 18.7. The molecule has 9 heteroatoms. The van der Waals surface area contributed by atoms with E-state index in [0.29, 0.717) is 41.7 Å². The summed E-state index contributed by atoms with van der Waals surface area (Å²) in [5.74, 6) is 2.47. The van der Waals surface area contributed by atoms with Crippen LogP contribution in [-0.4, -0.2) is 71.7 Å². The van der Waals surface area contributed by atoms with Gasteiger partial charge in [0.25, 0.3) is 0 Å². The van der Waals surface area contributed by atoms with Crippen molar-refractivity contribution < 1.29 is 33.6 Å². The van der Waals surface area contributed by atoms with Crippen LogP contribution in [0.5, 0.6) is 28.7 Å². The third kappa shape index (κ3) is 7.26. The monoisotopic (exact) mass is 579 g/mol. The number of carbonyl (C=O) groups is 1. The van der Waals surface area contributed by atoms with Gasteiger partial charge in [0.05, 0.1) is 41.5 Å². The molecular weight excluding hydrogens is 534 g/mol. The van der Waals surface area contributed by atoms with Crippen molar-refractivity contribution in [1.29, 1.82) is 0 Å². The minimum Gasteiger partial charge on any atom is -0.493 e. The van der Waals surface area contributed by atoms with Crippen LogP contribution in [0.1, 0.15) is 49.3 Å². The Morgan fingerprint density at radius 1 is 0.925 bits per heavy atom. The minimum atomic E-state index is -0.727. The minimum absolute atomic E-state index is 0. The second-order valence-electron chi connectivity index (χ2n) is 10.7. The summed E-state index contributed by atoms with van der Waals surface area (Å²) in [6, 6.07) is 7.99. The summed E-state index contributed by atoms with van der Waals surface area (Å²) in [5.41, 5.74) is 3.36. The van der Waals surface area contributed by atoms with Crippen molar-refractivity contribution in [2.45, 2.75) is 45.4 Å². The van der Waals surface area contributed by atoms with Crippen LogP contribution in [0.25, 0.3) is 0 Å². The Bertz CT molecular complexity index is 1120. The second-order valence-corrected chi connectivity index (χ2v) is 10.7. The molecule has 0 radical (unpaired) electrons. The van der Waals surface area contributed by atoms with Gasteiger partial charge in [-0.15, -0.1) is 12.4 Å². The molecule has 0 fully saturated rings. The Hall–Kier alpha value is -2.84. The molecule has 2 aromatic rings. The first-order valence-corrected chi connectivity index (χ1v) is 13.6. The van der Waals surface area contributed by atoms with Gasteiger partial charge in [-0.2, -0.15) is 0 Å². The molecule has 8 nitrogen and oxygen atoms in total. The van der Waals surface area contributed by atoms with E-state index in [2.05, 4.69) is 25.8 Å². The zero-order valence-electron chi connectivity index (χ0n) is 25.1. The number of benzene rings is 2. The van der Waals surface area contributed by atoms with Gasteiger partial charge in [0.2, 0.25) is 5.75 Å². The van der Waals surface area contributed by atoms with Crippen molar-refractivity contribution in [2.75, 3.05) is 55.7 Å². The van der Waals surface area contributed by atoms with Crippen molar-refractivity contribution >= 4 is 18.4 Å². The third-order valence-corrected chi connectivity index (χ3v) is 8.12. The summed E-state index contributed by atoms with van der Waals surface area (Å²) in [6.45, 7) is 5.86. The number of halogens is 1. The SMILES string of the molecule is COc1ccc(CCN(C)CCC(C(=O)O)[C@@H]2CCc3c(cc(OC)c(OC)c3OC)[C@@H]2C(C)C)cc1OC.Cl. The van der Waals surface area contributed by atoms with Crippen LogP contribution in [0.15, 0.2) is 24.3 Å². The lowest BCUT2D eigenvalue weighted by molar-refractivity contribution is -0.145. The summed E-state index contributed by atoms with van der Waals surface area (Å²) < 4.78 is 27.8. The van der Waals surface area contributed by atoms with Gasteiger partial charge in [0, 0.05) is 12.1 Å². The van der Waals surface area contributed by atoms with E-state index in [4.69, 9.17) is 23.7 Å². The van der Waals surface area contributed by atoms with Crippen molar-refractivity contribution in [2.24, 2.45) is 17.8 Å². The molecule has 1 aliphatic carbocycles. The van der Waals surface area contributed by atoms with Crippen LogP contribution in [0, 0.1) is 17.8 Å². The highest BCUT2D eigenvalue weighted by Crippen LogP contribution is 2.52. The molecule has 224 valence electrons. The van der Waals surface area contributed by atoms with Gasteiger partial charge in [0.15, 0.2) is 23.0 Å². The Balaban J connectivity index is 0.00000560. The Morgan fingerprint density at radius 3 is 2.12 bits per heavy atom. The van der Waals surface area contributed by atoms with Crippen LogP contribution in [0.2, 0.25) is 0 Å². The Kier molecular flexibility index (Phi) is 12.7. The molecule has 40 heavy (non-hydrogen) atoms. The lowest BCUT2D eigenvalue weighted by Crippen LogP contribution is -2.37. The fraction of sp³-hybridized carbons (Fsp3) is 0.581. The number of aliphatic carboxylic acids is 1. The first kappa shape index (κ1) is 33.4. The number of nitrogens with zero attached hydrogens (tertiary/aromatic N) is 1. The van der Waals surface area contributed by atoms with E-state index < -0.39 is 11.9 Å². The largest absolute Gasteiger partial charge is 0.493 e. The van der Waals surface area contributed by atoms with Gasteiger partial charge in [0.1, 0.15) is 0 Å². The molecule has 0 amide bonds. The van der Waals surface area contributed by atoms with Crippen LogP contribution in [-0.2, 0) is 17.6 Å². The highest BCUT2D eigenvalue weighted by atomic mass is 35.5. The molecule has 0 spiro atoms. The number of ether oxygens (including phenoxy) is 5. The van der Waals surface area contributed by atoms with Gasteiger partial charge < -0.3 is 33.7 Å². The van der Waals surface area contributed by atoms with E-state index in [1.165, 1.54) is 0 Å². The van der Waals surface area contributed by atoms with Gasteiger partial charge in [-0.3, -0.25) is 4.79 Å². The number of hydrogen-bond donors (Lipinski definition) is 1. The van der Waals surface area contributed by atoms with E-state index in [0.717, 1.165) is 42.5 Å². The molecule has 0 heterocycles. The van der Waals surface area contributed by atoms with E-state index in [9.17, 15) is 9.90 Å². The molecule has 1 aliphatic rings. The quantitative estimate of drug-likeness (QED) is 0.304. The first-order valence-electron chi connectivity index (χ1n) is 13.6. The molecule has 0 saturated heterocycles. The zero-order valence-corrected chi connectivity index (χ0v) is 25.9. The van der Waals surface area contributed by atoms with Gasteiger partial charge >= 0.3 is 5.97 Å². The number of hydrogen-bond acceptors (Lipinski definition) is 7. The number of methoxy groups -OCH3 is 5. The molecule has 3 atom stereocenters. The third-order valence-electron chi connectivity index (χ3n) is 8.12. The average molecular weight is 580 g/mol. The van der Waals surface area contributed by atoms with Crippen molar-refractivity contribution in [3.63, 3.8) is 0 Å². The topological polar surface area (TPSA) is 86.7 Å². The number of carboxylic acid groups (broad SMARTS) is 1. The summed E-state index contributed by atoms with van der Waals surface area (Å²) in [5, 5.41) is 10.4. The summed E-state index contributed by atoms with van der Waals surface area (Å²) in [4.78, 5) is 14.8. The standard InChI is InChI=1S/C31H45NO7.ClH/c1-19(2)28-21(10-11-22-24(28)18-27(37-6)30(39-8)29(22)38-7)23(31(33)34)14-16-32(3)15-13-20-9-12-25(35-4)26(17-20)36-5;/h9,12,17-19,21,23,28H,10-11,13-16H2,1-8H3,(H,33,34);1H/t21-,23?,28+;/m0./s1. The number of fused-ring (bicyclic) bond motifs is 1. The maximum atomic E-state index is 12.6. The molecule has 0 saturated carbocycles. The molecule has 2 aromatic carbocycles. The molecule has 1 N–H and O–H groups in total. The number of rotatable bonds is 14. The molecule has 3 rings (SSSR count). The van der Waals surface area contributed by atoms with Crippen LogP contribution in [0.3, 0.4) is 0 Å². The summed E-state index contributed by atoms with van der Waals surface area (Å²) >= 11 is 0. The van der Waals surface area contributed by atoms with Crippen LogP contribution in [0.4, 0.5) is 0 Å². The Morgan fingerprint density at radius 2 is 1.57 bits per heavy atom. The average Bonchev–Trinajstić information content (AvgIpc) is 2.93. The van der Waals surface area contributed by atoms with Crippen LogP contribution >= 0.6 is 12.4 Å². The highest BCUT2D eigenvalue weighted by molar-refractivity contribution is 5.85. The fourth-order valence-electron chi connectivity index (χ4n) is 6.16. The van der Waals surface area contributed by atoms with Crippen molar-refractivity contribution in [3.8, 4) is 28.7 Å². The van der Waals surface area contributed by atoms with E-state index in [1.54, 1.807) is 35.5 Å². The molecule has 1 unspecified atom stereocenters. The predicted molar refractivity (Wildman–Crippen MR) is 159 cm³/mol. The molecular formula is C31H46ClNO7. The Labute approximate surface area is 245 Å². The van der Waals surface area contributed by atoms with E-state index in [1.807, 2.05) is 24.3 Å². The smallest absolute Gasteiger partial charge is 0.306 e. The maximum absolute atomic E-state index is 12.6. The van der Waals surface area contributed by atoms with Crippen molar-refractivity contribution in [3.05, 3.63) is 41.0 Å². The van der Waals surface area contributed by atoms with E-state index >= 15 is 0 Å². The predicted octanol–water partition coefficient (Wildman–Crippen LogP) is 5.72. The second kappa shape index (κ2) is 15.2. The maximum Gasteiger partial charge on any atom is 0.306 e. The number of carboxylic acids is 1. The lowest BCUT2D eigenvalue weighted by atomic mass is 9.64. The molecule has 0 aliphatic heterocycles. The molecule has 0 bridgehead atoms. The highest BCUT2D eigenvalue weighted by Gasteiger charge is 2.41.